The molecule has 132 valence electrons. The Hall–Kier alpha value is -2.26. The maximum absolute atomic E-state index is 12.8. The molecular formula is C15H10ClF3N2O3S. The van der Waals surface area contributed by atoms with Gasteiger partial charge in [-0.15, -0.1) is 0 Å². The van der Waals surface area contributed by atoms with Crippen LogP contribution in [-0.4, -0.2) is 26.8 Å². The Balaban J connectivity index is 2.30. The lowest BCUT2D eigenvalue weighted by molar-refractivity contribution is -0.137. The standard InChI is InChI=1S/C15H10ClF3N2O3S/c16-12-4-9(3-11(5-12)15(17,18)19)7-21(14(23)24)25-13-1-2-20-6-10(13)8-22/h1-6,8H,7H2,(H,23,24). The Labute approximate surface area is 149 Å². The molecule has 5 nitrogen and oxygen atoms in total. The van der Waals surface area contributed by atoms with Crippen LogP contribution in [0.4, 0.5) is 18.0 Å². The fourth-order valence-corrected chi connectivity index (χ4v) is 3.01. The number of carbonyl (C=O) groups excluding carboxylic acids is 1. The molecule has 0 atom stereocenters. The Morgan fingerprint density at radius 2 is 2.08 bits per heavy atom. The van der Waals surface area contributed by atoms with E-state index in [2.05, 4.69) is 4.98 Å². The third-order valence-electron chi connectivity index (χ3n) is 2.97. The molecule has 1 N–H and O–H groups in total. The molecule has 0 saturated carbocycles. The number of aldehydes is 1. The largest absolute Gasteiger partial charge is 0.464 e. The van der Waals surface area contributed by atoms with Gasteiger partial charge in [0, 0.05) is 27.9 Å². The van der Waals surface area contributed by atoms with Crippen LogP contribution in [0, 0.1) is 0 Å². The number of hydrogen-bond donors (Lipinski definition) is 1. The second-order valence-electron chi connectivity index (χ2n) is 4.79. The van der Waals surface area contributed by atoms with Crippen LogP contribution in [0.2, 0.25) is 5.02 Å². The normalized spacial score (nSPS) is 11.2. The number of rotatable bonds is 5. The highest BCUT2D eigenvalue weighted by atomic mass is 35.5. The highest BCUT2D eigenvalue weighted by molar-refractivity contribution is 7.97. The van der Waals surface area contributed by atoms with Crippen molar-refractivity contribution in [1.29, 1.82) is 0 Å². The Morgan fingerprint density at radius 3 is 2.68 bits per heavy atom. The van der Waals surface area contributed by atoms with Gasteiger partial charge in [0.2, 0.25) is 0 Å². The van der Waals surface area contributed by atoms with Gasteiger partial charge in [-0.05, 0) is 41.8 Å². The van der Waals surface area contributed by atoms with Crippen molar-refractivity contribution in [1.82, 2.24) is 9.29 Å². The summed E-state index contributed by atoms with van der Waals surface area (Å²) in [5.41, 5.74) is -0.736. The van der Waals surface area contributed by atoms with Crippen molar-refractivity contribution in [3.05, 3.63) is 58.4 Å². The van der Waals surface area contributed by atoms with Gasteiger partial charge in [-0.25, -0.2) is 9.10 Å². The van der Waals surface area contributed by atoms with Crippen LogP contribution in [0.3, 0.4) is 0 Å². The molecule has 2 aromatic rings. The summed E-state index contributed by atoms with van der Waals surface area (Å²) in [6.45, 7) is -0.357. The zero-order valence-corrected chi connectivity index (χ0v) is 13.9. The van der Waals surface area contributed by atoms with Gasteiger partial charge in [0.15, 0.2) is 6.29 Å². The first-order valence-corrected chi connectivity index (χ1v) is 7.80. The van der Waals surface area contributed by atoms with Crippen molar-refractivity contribution in [2.45, 2.75) is 17.6 Å². The van der Waals surface area contributed by atoms with Gasteiger partial charge in [0.05, 0.1) is 12.1 Å². The van der Waals surface area contributed by atoms with Crippen LogP contribution >= 0.6 is 23.5 Å². The van der Waals surface area contributed by atoms with E-state index in [-0.39, 0.29) is 22.7 Å². The molecule has 0 aliphatic heterocycles. The van der Waals surface area contributed by atoms with Crippen molar-refractivity contribution in [3.63, 3.8) is 0 Å². The third-order valence-corrected chi connectivity index (χ3v) is 4.26. The molecule has 1 aromatic carbocycles. The summed E-state index contributed by atoms with van der Waals surface area (Å²) in [7, 11) is 0. The molecule has 0 radical (unpaired) electrons. The molecule has 1 amide bonds. The van der Waals surface area contributed by atoms with E-state index >= 15 is 0 Å². The number of amides is 1. The van der Waals surface area contributed by atoms with Crippen LogP contribution in [0.25, 0.3) is 0 Å². The number of benzene rings is 1. The zero-order valence-electron chi connectivity index (χ0n) is 12.3. The molecule has 0 bridgehead atoms. The number of nitrogens with zero attached hydrogens (tertiary/aromatic N) is 2. The summed E-state index contributed by atoms with van der Waals surface area (Å²) in [6.07, 6.45) is -2.84. The van der Waals surface area contributed by atoms with E-state index in [1.165, 1.54) is 24.5 Å². The van der Waals surface area contributed by atoms with Gasteiger partial charge in [-0.1, -0.05) is 11.6 Å². The molecule has 25 heavy (non-hydrogen) atoms. The molecule has 0 aliphatic carbocycles. The van der Waals surface area contributed by atoms with E-state index in [1.54, 1.807) is 0 Å². The molecule has 0 spiro atoms. The number of alkyl halides is 3. The highest BCUT2D eigenvalue weighted by Gasteiger charge is 2.31. The number of carbonyl (C=O) groups is 2. The van der Waals surface area contributed by atoms with E-state index in [1.807, 2.05) is 0 Å². The van der Waals surface area contributed by atoms with Crippen molar-refractivity contribution in [2.24, 2.45) is 0 Å². The molecule has 2 rings (SSSR count). The quantitative estimate of drug-likeness (QED) is 0.589. The van der Waals surface area contributed by atoms with E-state index in [0.717, 1.165) is 16.4 Å². The molecule has 1 heterocycles. The van der Waals surface area contributed by atoms with E-state index in [0.29, 0.717) is 23.1 Å². The van der Waals surface area contributed by atoms with E-state index in [9.17, 15) is 27.9 Å². The maximum atomic E-state index is 12.8. The second-order valence-corrected chi connectivity index (χ2v) is 6.29. The van der Waals surface area contributed by atoms with Gasteiger partial charge in [0.25, 0.3) is 0 Å². The number of pyridine rings is 1. The monoisotopic (exact) mass is 390 g/mol. The van der Waals surface area contributed by atoms with Gasteiger partial charge in [0.1, 0.15) is 0 Å². The summed E-state index contributed by atoms with van der Waals surface area (Å²) in [5, 5.41) is 9.15. The first kappa shape index (κ1) is 19.1. The lowest BCUT2D eigenvalue weighted by Crippen LogP contribution is -2.22. The number of halogens is 4. The summed E-state index contributed by atoms with van der Waals surface area (Å²) in [4.78, 5) is 26.5. The minimum absolute atomic E-state index is 0.0661. The minimum Gasteiger partial charge on any atom is -0.464 e. The van der Waals surface area contributed by atoms with Gasteiger partial charge in [-0.3, -0.25) is 9.78 Å². The lowest BCUT2D eigenvalue weighted by Gasteiger charge is -2.19. The first-order chi connectivity index (χ1) is 11.7. The highest BCUT2D eigenvalue weighted by Crippen LogP contribution is 2.33. The number of carboxylic acid groups (broad SMARTS) is 1. The molecule has 10 heteroatoms. The van der Waals surface area contributed by atoms with Crippen LogP contribution < -0.4 is 0 Å². The molecule has 0 fully saturated rings. The summed E-state index contributed by atoms with van der Waals surface area (Å²) < 4.78 is 39.3. The maximum Gasteiger partial charge on any atom is 0.418 e. The van der Waals surface area contributed by atoms with Gasteiger partial charge < -0.3 is 5.11 Å². The molecule has 0 unspecified atom stereocenters. The van der Waals surface area contributed by atoms with Crippen molar-refractivity contribution in [3.8, 4) is 0 Å². The molecular weight excluding hydrogens is 381 g/mol. The average Bonchev–Trinajstić information content (AvgIpc) is 2.53. The number of aromatic nitrogens is 1. The predicted molar refractivity (Wildman–Crippen MR) is 85.5 cm³/mol. The van der Waals surface area contributed by atoms with Crippen LogP contribution in [0.15, 0.2) is 41.6 Å². The van der Waals surface area contributed by atoms with E-state index in [4.69, 9.17) is 11.6 Å². The fourth-order valence-electron chi connectivity index (χ4n) is 1.89. The van der Waals surface area contributed by atoms with Crippen LogP contribution in [0.1, 0.15) is 21.5 Å². The fraction of sp³-hybridized carbons (Fsp3) is 0.133. The Bertz CT molecular complexity index is 802. The van der Waals surface area contributed by atoms with Crippen molar-refractivity contribution in [2.75, 3.05) is 0 Å². The SMILES string of the molecule is O=Cc1cnccc1SN(Cc1cc(Cl)cc(C(F)(F)F)c1)C(=O)O. The lowest BCUT2D eigenvalue weighted by atomic mass is 10.1. The molecule has 1 aromatic heterocycles. The summed E-state index contributed by atoms with van der Waals surface area (Å²) in [5.74, 6) is 0. The topological polar surface area (TPSA) is 70.5 Å². The molecule has 0 aliphatic rings. The third kappa shape index (κ3) is 5.10. The van der Waals surface area contributed by atoms with Crippen molar-refractivity contribution < 1.29 is 27.9 Å². The Kier molecular flexibility index (Phi) is 5.91. The molecule has 0 saturated heterocycles. The zero-order chi connectivity index (χ0) is 18.6. The number of hydrogen-bond acceptors (Lipinski definition) is 4. The first-order valence-electron chi connectivity index (χ1n) is 6.65. The summed E-state index contributed by atoms with van der Waals surface area (Å²) in [6, 6.07) is 4.27. The smallest absolute Gasteiger partial charge is 0.418 e. The van der Waals surface area contributed by atoms with E-state index < -0.39 is 17.8 Å². The van der Waals surface area contributed by atoms with Gasteiger partial charge >= 0.3 is 12.3 Å². The average molecular weight is 391 g/mol. The van der Waals surface area contributed by atoms with Crippen LogP contribution in [-0.2, 0) is 12.7 Å². The summed E-state index contributed by atoms with van der Waals surface area (Å²) >= 11 is 6.40. The minimum atomic E-state index is -4.60. The Morgan fingerprint density at radius 1 is 1.36 bits per heavy atom. The predicted octanol–water partition coefficient (Wildman–Crippen LogP) is 4.75. The van der Waals surface area contributed by atoms with Crippen molar-refractivity contribution >= 4 is 35.9 Å². The second kappa shape index (κ2) is 7.75. The van der Waals surface area contributed by atoms with Gasteiger partial charge in [-0.2, -0.15) is 13.2 Å². The van der Waals surface area contributed by atoms with Crippen LogP contribution in [0.5, 0.6) is 0 Å².